The summed E-state index contributed by atoms with van der Waals surface area (Å²) in [7, 11) is 1.64. The molecular weight excluding hydrogens is 210 g/mol. The zero-order chi connectivity index (χ0) is 10.9. The molecule has 1 aliphatic rings. The highest BCUT2D eigenvalue weighted by molar-refractivity contribution is 7.09. The van der Waals surface area contributed by atoms with E-state index in [0.717, 1.165) is 23.5 Å². The van der Waals surface area contributed by atoms with Crippen LogP contribution in [-0.2, 0) is 11.2 Å². The van der Waals surface area contributed by atoms with Gasteiger partial charge in [-0.05, 0) is 25.7 Å². The number of methoxy groups -OCH3 is 1. The van der Waals surface area contributed by atoms with Gasteiger partial charge in [0.2, 0.25) is 0 Å². The fourth-order valence-corrected chi connectivity index (χ4v) is 2.82. The molecule has 84 valence electrons. The van der Waals surface area contributed by atoms with Gasteiger partial charge in [-0.3, -0.25) is 0 Å². The van der Waals surface area contributed by atoms with Gasteiger partial charge in [-0.2, -0.15) is 0 Å². The lowest BCUT2D eigenvalue weighted by Gasteiger charge is -2.26. The van der Waals surface area contributed by atoms with Crippen molar-refractivity contribution in [1.82, 2.24) is 4.98 Å². The second-order valence-electron chi connectivity index (χ2n) is 4.37. The Morgan fingerprint density at radius 3 is 2.87 bits per heavy atom. The summed E-state index contributed by atoms with van der Waals surface area (Å²) in [5.41, 5.74) is 0.338. The summed E-state index contributed by atoms with van der Waals surface area (Å²) >= 11 is 1.62. The lowest BCUT2D eigenvalue weighted by Crippen LogP contribution is -2.39. The predicted molar refractivity (Wildman–Crippen MR) is 60.1 cm³/mol. The average Bonchev–Trinajstić information content (AvgIpc) is 2.93. The standard InChI is InChI=1S/C11H17NO2S/c1-8-6-15-10(12-8)5-11(13,7-14-2)9-3-4-9/h6,9,13H,3-5,7H2,1-2H3. The van der Waals surface area contributed by atoms with Crippen molar-refractivity contribution in [3.8, 4) is 0 Å². The van der Waals surface area contributed by atoms with Gasteiger partial charge in [0.15, 0.2) is 0 Å². The third kappa shape index (κ3) is 2.56. The molecular formula is C11H17NO2S. The molecule has 1 atom stereocenters. The van der Waals surface area contributed by atoms with E-state index in [1.54, 1.807) is 18.4 Å². The summed E-state index contributed by atoms with van der Waals surface area (Å²) in [6.45, 7) is 2.39. The van der Waals surface area contributed by atoms with Crippen LogP contribution < -0.4 is 0 Å². The molecule has 4 heteroatoms. The van der Waals surface area contributed by atoms with Crippen LogP contribution in [0, 0.1) is 12.8 Å². The van der Waals surface area contributed by atoms with Gasteiger partial charge in [0, 0.05) is 24.6 Å². The number of hydrogen-bond donors (Lipinski definition) is 1. The summed E-state index contributed by atoms with van der Waals surface area (Å²) in [5, 5.41) is 13.5. The van der Waals surface area contributed by atoms with Crippen LogP contribution in [0.3, 0.4) is 0 Å². The van der Waals surface area contributed by atoms with Crippen LogP contribution >= 0.6 is 11.3 Å². The van der Waals surface area contributed by atoms with E-state index < -0.39 is 5.60 Å². The van der Waals surface area contributed by atoms with Crippen LogP contribution in [0.2, 0.25) is 0 Å². The third-order valence-electron chi connectivity index (χ3n) is 2.86. The summed E-state index contributed by atoms with van der Waals surface area (Å²) in [5.74, 6) is 0.404. The number of aliphatic hydroxyl groups is 1. The van der Waals surface area contributed by atoms with Crippen molar-refractivity contribution in [2.75, 3.05) is 13.7 Å². The SMILES string of the molecule is COCC(O)(Cc1nc(C)cs1)C1CC1. The Labute approximate surface area is 94.1 Å². The van der Waals surface area contributed by atoms with E-state index in [2.05, 4.69) is 4.98 Å². The molecule has 0 radical (unpaired) electrons. The van der Waals surface area contributed by atoms with Crippen molar-refractivity contribution >= 4 is 11.3 Å². The molecule has 2 rings (SSSR count). The molecule has 3 nitrogen and oxygen atoms in total. The maximum absolute atomic E-state index is 10.5. The highest BCUT2D eigenvalue weighted by Gasteiger charge is 2.44. The van der Waals surface area contributed by atoms with Crippen LogP contribution in [0.25, 0.3) is 0 Å². The summed E-state index contributed by atoms with van der Waals surface area (Å²) in [4.78, 5) is 4.39. The minimum absolute atomic E-state index is 0.404. The summed E-state index contributed by atoms with van der Waals surface area (Å²) in [6, 6.07) is 0. The van der Waals surface area contributed by atoms with Crippen molar-refractivity contribution in [3.63, 3.8) is 0 Å². The first-order valence-corrected chi connectivity index (χ1v) is 6.14. The molecule has 15 heavy (non-hydrogen) atoms. The molecule has 1 aliphatic carbocycles. The van der Waals surface area contributed by atoms with Crippen molar-refractivity contribution < 1.29 is 9.84 Å². The number of hydrogen-bond acceptors (Lipinski definition) is 4. The number of rotatable bonds is 5. The van der Waals surface area contributed by atoms with Gasteiger partial charge in [-0.15, -0.1) is 11.3 Å². The van der Waals surface area contributed by atoms with Crippen molar-refractivity contribution in [2.45, 2.75) is 31.8 Å². The Kier molecular flexibility index (Phi) is 3.09. The van der Waals surface area contributed by atoms with E-state index in [4.69, 9.17) is 4.74 Å². The van der Waals surface area contributed by atoms with Gasteiger partial charge >= 0.3 is 0 Å². The zero-order valence-electron chi connectivity index (χ0n) is 9.19. The normalized spacial score (nSPS) is 20.2. The molecule has 1 heterocycles. The first-order valence-electron chi connectivity index (χ1n) is 5.26. The number of thiazole rings is 1. The lowest BCUT2D eigenvalue weighted by atomic mass is 9.95. The van der Waals surface area contributed by atoms with Gasteiger partial charge in [-0.1, -0.05) is 0 Å². The van der Waals surface area contributed by atoms with Gasteiger partial charge < -0.3 is 9.84 Å². The molecule has 1 fully saturated rings. The van der Waals surface area contributed by atoms with Crippen molar-refractivity contribution in [1.29, 1.82) is 0 Å². The summed E-state index contributed by atoms with van der Waals surface area (Å²) in [6.07, 6.45) is 2.86. The minimum atomic E-state index is -0.695. The van der Waals surface area contributed by atoms with Gasteiger partial charge in [0.1, 0.15) is 0 Å². The number of ether oxygens (including phenoxy) is 1. The molecule has 1 unspecified atom stereocenters. The number of nitrogens with zero attached hydrogens (tertiary/aromatic N) is 1. The number of aromatic nitrogens is 1. The second-order valence-corrected chi connectivity index (χ2v) is 5.31. The van der Waals surface area contributed by atoms with Crippen LogP contribution in [0.1, 0.15) is 23.5 Å². The molecule has 0 bridgehead atoms. The molecule has 1 aromatic rings. The van der Waals surface area contributed by atoms with Crippen LogP contribution in [0.5, 0.6) is 0 Å². The molecule has 0 spiro atoms. The first-order chi connectivity index (χ1) is 7.14. The Hall–Kier alpha value is -0.450. The predicted octanol–water partition coefficient (Wildman–Crippen LogP) is 1.78. The molecule has 1 saturated carbocycles. The Morgan fingerprint density at radius 2 is 2.40 bits per heavy atom. The highest BCUT2D eigenvalue weighted by atomic mass is 32.1. The smallest absolute Gasteiger partial charge is 0.0971 e. The van der Waals surface area contributed by atoms with E-state index >= 15 is 0 Å². The Bertz CT molecular complexity index is 335. The average molecular weight is 227 g/mol. The first kappa shape index (κ1) is 11.0. The van der Waals surface area contributed by atoms with E-state index in [-0.39, 0.29) is 0 Å². The number of aryl methyl sites for hydroxylation is 1. The quantitative estimate of drug-likeness (QED) is 0.833. The van der Waals surface area contributed by atoms with Crippen LogP contribution in [0.4, 0.5) is 0 Å². The Morgan fingerprint density at radius 1 is 1.67 bits per heavy atom. The molecule has 0 aromatic carbocycles. The maximum Gasteiger partial charge on any atom is 0.0971 e. The molecule has 0 amide bonds. The molecule has 0 aliphatic heterocycles. The van der Waals surface area contributed by atoms with Gasteiger partial charge in [0.25, 0.3) is 0 Å². The fourth-order valence-electron chi connectivity index (χ4n) is 1.93. The molecule has 1 aromatic heterocycles. The maximum atomic E-state index is 10.5. The molecule has 1 N–H and O–H groups in total. The third-order valence-corrected chi connectivity index (χ3v) is 3.82. The topological polar surface area (TPSA) is 42.4 Å². The second kappa shape index (κ2) is 4.20. The molecule has 0 saturated heterocycles. The van der Waals surface area contributed by atoms with Crippen LogP contribution in [-0.4, -0.2) is 29.4 Å². The minimum Gasteiger partial charge on any atom is -0.387 e. The monoisotopic (exact) mass is 227 g/mol. The van der Waals surface area contributed by atoms with Gasteiger partial charge in [0.05, 0.1) is 17.2 Å². The largest absolute Gasteiger partial charge is 0.387 e. The van der Waals surface area contributed by atoms with E-state index in [0.29, 0.717) is 18.9 Å². The van der Waals surface area contributed by atoms with Gasteiger partial charge in [-0.25, -0.2) is 4.98 Å². The van der Waals surface area contributed by atoms with E-state index in [9.17, 15) is 5.11 Å². The lowest BCUT2D eigenvalue weighted by molar-refractivity contribution is -0.0474. The summed E-state index contributed by atoms with van der Waals surface area (Å²) < 4.78 is 5.11. The van der Waals surface area contributed by atoms with Crippen molar-refractivity contribution in [3.05, 3.63) is 16.1 Å². The van der Waals surface area contributed by atoms with E-state index in [1.807, 2.05) is 12.3 Å². The van der Waals surface area contributed by atoms with Crippen LogP contribution in [0.15, 0.2) is 5.38 Å². The zero-order valence-corrected chi connectivity index (χ0v) is 10.0. The highest BCUT2D eigenvalue weighted by Crippen LogP contribution is 2.41. The van der Waals surface area contributed by atoms with E-state index in [1.165, 1.54) is 0 Å². The van der Waals surface area contributed by atoms with Crippen molar-refractivity contribution in [2.24, 2.45) is 5.92 Å². The fraction of sp³-hybridized carbons (Fsp3) is 0.727. The Balaban J connectivity index is 2.06.